The van der Waals surface area contributed by atoms with Gasteiger partial charge < -0.3 is 5.73 Å². The Morgan fingerprint density at radius 1 is 1.30 bits per heavy atom. The average Bonchev–Trinajstić information content (AvgIpc) is 3.10. The number of rotatable bonds is 4. The fourth-order valence-electron chi connectivity index (χ4n) is 2.66. The number of thiocarbonyl (C=S) groups is 1. The van der Waals surface area contributed by atoms with Crippen molar-refractivity contribution < 1.29 is 0 Å². The first-order valence-electron chi connectivity index (χ1n) is 6.95. The van der Waals surface area contributed by atoms with Crippen molar-refractivity contribution in [2.75, 3.05) is 0 Å². The van der Waals surface area contributed by atoms with Crippen molar-refractivity contribution in [3.63, 3.8) is 0 Å². The van der Waals surface area contributed by atoms with E-state index in [0.717, 1.165) is 5.69 Å². The first-order chi connectivity index (χ1) is 9.72. The summed E-state index contributed by atoms with van der Waals surface area (Å²) < 4.78 is 3.81. The molecule has 7 heteroatoms. The third kappa shape index (κ3) is 2.87. The van der Waals surface area contributed by atoms with Crippen LogP contribution in [-0.2, 0) is 6.54 Å². The number of hydrogen-bond donors (Lipinski definition) is 1. The monoisotopic (exact) mass is 290 g/mol. The molecular weight excluding hydrogens is 272 g/mol. The third-order valence-corrected chi connectivity index (χ3v) is 3.88. The molecule has 1 saturated carbocycles. The molecule has 20 heavy (non-hydrogen) atoms. The first kappa shape index (κ1) is 13.2. The van der Waals surface area contributed by atoms with E-state index < -0.39 is 0 Å². The van der Waals surface area contributed by atoms with Crippen LogP contribution in [-0.4, -0.2) is 29.5 Å². The summed E-state index contributed by atoms with van der Waals surface area (Å²) >= 11 is 4.85. The van der Waals surface area contributed by atoms with E-state index in [2.05, 4.69) is 26.1 Å². The van der Waals surface area contributed by atoms with Crippen LogP contribution in [0.1, 0.15) is 49.7 Å². The molecule has 0 saturated heterocycles. The second kappa shape index (κ2) is 5.70. The van der Waals surface area contributed by atoms with Gasteiger partial charge in [-0.3, -0.25) is 4.68 Å². The van der Waals surface area contributed by atoms with Crippen molar-refractivity contribution in [3.8, 4) is 0 Å². The highest BCUT2D eigenvalue weighted by atomic mass is 32.1. The molecule has 2 N–H and O–H groups in total. The summed E-state index contributed by atoms with van der Waals surface area (Å²) in [6.07, 6.45) is 10.1. The molecule has 3 rings (SSSR count). The average molecular weight is 290 g/mol. The molecule has 0 spiro atoms. The minimum atomic E-state index is 0.219. The van der Waals surface area contributed by atoms with Crippen LogP contribution in [0.4, 0.5) is 0 Å². The number of aromatic nitrogens is 5. The Kier molecular flexibility index (Phi) is 3.77. The molecule has 0 amide bonds. The molecule has 2 aromatic rings. The summed E-state index contributed by atoms with van der Waals surface area (Å²) in [4.78, 5) is 4.28. The van der Waals surface area contributed by atoms with Gasteiger partial charge in [0.25, 0.3) is 0 Å². The van der Waals surface area contributed by atoms with Gasteiger partial charge in [-0.1, -0.05) is 31.5 Å². The molecule has 0 bridgehead atoms. The highest BCUT2D eigenvalue weighted by molar-refractivity contribution is 7.80. The van der Waals surface area contributed by atoms with E-state index in [1.807, 2.05) is 6.07 Å². The molecular formula is C13H18N6S. The predicted octanol–water partition coefficient (Wildman–Crippen LogP) is 1.66. The van der Waals surface area contributed by atoms with Crippen LogP contribution in [0.3, 0.4) is 0 Å². The van der Waals surface area contributed by atoms with E-state index in [4.69, 9.17) is 18.0 Å². The molecule has 0 radical (unpaired) electrons. The van der Waals surface area contributed by atoms with E-state index in [-0.39, 0.29) is 4.99 Å². The molecule has 0 unspecified atom stereocenters. The maximum absolute atomic E-state index is 5.50. The fourth-order valence-corrected chi connectivity index (χ4v) is 2.75. The molecule has 2 aromatic heterocycles. The minimum absolute atomic E-state index is 0.219. The summed E-state index contributed by atoms with van der Waals surface area (Å²) in [5.74, 6) is 0.409. The number of nitrogens with two attached hydrogens (primary N) is 1. The van der Waals surface area contributed by atoms with Crippen LogP contribution >= 0.6 is 12.2 Å². The maximum atomic E-state index is 5.50. The lowest BCUT2D eigenvalue weighted by atomic mass is 9.96. The number of nitrogens with zero attached hydrogens (tertiary/aromatic N) is 5. The van der Waals surface area contributed by atoms with Crippen LogP contribution in [0.15, 0.2) is 18.6 Å². The Labute approximate surface area is 123 Å². The van der Waals surface area contributed by atoms with Gasteiger partial charge in [0.1, 0.15) is 11.3 Å². The normalized spacial score (nSPS) is 16.4. The van der Waals surface area contributed by atoms with Gasteiger partial charge >= 0.3 is 0 Å². The van der Waals surface area contributed by atoms with Crippen molar-refractivity contribution in [2.24, 2.45) is 5.73 Å². The second-order valence-electron chi connectivity index (χ2n) is 5.21. The van der Waals surface area contributed by atoms with Gasteiger partial charge in [-0.15, -0.1) is 5.10 Å². The lowest BCUT2D eigenvalue weighted by Gasteiger charge is -2.21. The predicted molar refractivity (Wildman–Crippen MR) is 79.4 cm³/mol. The SMILES string of the molecule is NC(=S)c1ncn(Cc2ccn(C3CCCCC3)n2)n1. The van der Waals surface area contributed by atoms with E-state index >= 15 is 0 Å². The lowest BCUT2D eigenvalue weighted by Crippen LogP contribution is -2.14. The van der Waals surface area contributed by atoms with Crippen LogP contribution < -0.4 is 5.73 Å². The largest absolute Gasteiger partial charge is 0.387 e. The molecule has 1 aliphatic rings. The lowest BCUT2D eigenvalue weighted by molar-refractivity contribution is 0.327. The van der Waals surface area contributed by atoms with Gasteiger partial charge in [-0.25, -0.2) is 9.67 Å². The minimum Gasteiger partial charge on any atom is -0.387 e. The van der Waals surface area contributed by atoms with E-state index in [1.165, 1.54) is 32.1 Å². The summed E-state index contributed by atoms with van der Waals surface area (Å²) in [7, 11) is 0. The topological polar surface area (TPSA) is 74.5 Å². The van der Waals surface area contributed by atoms with Crippen molar-refractivity contribution in [1.29, 1.82) is 0 Å². The van der Waals surface area contributed by atoms with Gasteiger partial charge in [0, 0.05) is 6.20 Å². The summed E-state index contributed by atoms with van der Waals surface area (Å²) in [5, 5.41) is 8.86. The van der Waals surface area contributed by atoms with Gasteiger partial charge in [0.2, 0.25) is 5.82 Å². The Bertz CT molecular complexity index is 596. The zero-order chi connectivity index (χ0) is 13.9. The highest BCUT2D eigenvalue weighted by Crippen LogP contribution is 2.27. The zero-order valence-corrected chi connectivity index (χ0v) is 12.1. The molecule has 106 valence electrons. The van der Waals surface area contributed by atoms with Gasteiger partial charge in [-0.05, 0) is 18.9 Å². The van der Waals surface area contributed by atoms with E-state index in [9.17, 15) is 0 Å². The molecule has 0 aliphatic heterocycles. The molecule has 0 atom stereocenters. The van der Waals surface area contributed by atoms with Gasteiger partial charge in [-0.2, -0.15) is 5.10 Å². The van der Waals surface area contributed by atoms with Gasteiger partial charge in [0.15, 0.2) is 0 Å². The summed E-state index contributed by atoms with van der Waals surface area (Å²) in [6.45, 7) is 0.593. The molecule has 1 aliphatic carbocycles. The Morgan fingerprint density at radius 2 is 2.10 bits per heavy atom. The fraction of sp³-hybridized carbons (Fsp3) is 0.538. The van der Waals surface area contributed by atoms with Crippen molar-refractivity contribution in [2.45, 2.75) is 44.7 Å². The summed E-state index contributed by atoms with van der Waals surface area (Å²) in [5.41, 5.74) is 6.48. The Hall–Kier alpha value is -1.76. The van der Waals surface area contributed by atoms with Crippen LogP contribution in [0, 0.1) is 0 Å². The Balaban J connectivity index is 1.68. The van der Waals surface area contributed by atoms with Crippen molar-refractivity contribution in [3.05, 3.63) is 30.1 Å². The molecule has 1 fully saturated rings. The van der Waals surface area contributed by atoms with Crippen molar-refractivity contribution >= 4 is 17.2 Å². The van der Waals surface area contributed by atoms with Crippen LogP contribution in [0.25, 0.3) is 0 Å². The zero-order valence-electron chi connectivity index (χ0n) is 11.3. The second-order valence-corrected chi connectivity index (χ2v) is 5.65. The molecule has 2 heterocycles. The maximum Gasteiger partial charge on any atom is 0.208 e. The van der Waals surface area contributed by atoms with Gasteiger partial charge in [0.05, 0.1) is 18.3 Å². The highest BCUT2D eigenvalue weighted by Gasteiger charge is 2.16. The molecule has 6 nitrogen and oxygen atoms in total. The van der Waals surface area contributed by atoms with E-state index in [0.29, 0.717) is 18.4 Å². The standard InChI is InChI=1S/C13H18N6S/c14-12(20)13-15-9-18(17-13)8-10-6-7-19(16-10)11-4-2-1-3-5-11/h6-7,9,11H,1-5,8H2,(H2,14,20). The van der Waals surface area contributed by atoms with Crippen LogP contribution in [0.5, 0.6) is 0 Å². The quantitative estimate of drug-likeness (QED) is 0.867. The third-order valence-electron chi connectivity index (χ3n) is 3.69. The smallest absolute Gasteiger partial charge is 0.208 e. The Morgan fingerprint density at radius 3 is 2.80 bits per heavy atom. The summed E-state index contributed by atoms with van der Waals surface area (Å²) in [6, 6.07) is 2.59. The van der Waals surface area contributed by atoms with E-state index in [1.54, 1.807) is 11.0 Å². The van der Waals surface area contributed by atoms with Crippen molar-refractivity contribution in [1.82, 2.24) is 24.5 Å². The van der Waals surface area contributed by atoms with Crippen LogP contribution in [0.2, 0.25) is 0 Å². The number of hydrogen-bond acceptors (Lipinski definition) is 4. The first-order valence-corrected chi connectivity index (χ1v) is 7.36. The molecule has 0 aromatic carbocycles.